The zero-order valence-corrected chi connectivity index (χ0v) is 10.5. The van der Waals surface area contributed by atoms with E-state index in [4.69, 9.17) is 0 Å². The van der Waals surface area contributed by atoms with E-state index in [1.165, 1.54) is 5.56 Å². The van der Waals surface area contributed by atoms with E-state index in [9.17, 15) is 4.79 Å². The van der Waals surface area contributed by atoms with Gasteiger partial charge in [-0.25, -0.2) is 0 Å². The number of nitrogens with one attached hydrogen (secondary N) is 1. The SMILES string of the molecule is CCCc1ccc(C(=O)C2CCNCC2)cc1. The first-order chi connectivity index (χ1) is 8.31. The highest BCUT2D eigenvalue weighted by molar-refractivity contribution is 5.97. The van der Waals surface area contributed by atoms with E-state index in [1.807, 2.05) is 12.1 Å². The van der Waals surface area contributed by atoms with E-state index in [1.54, 1.807) is 0 Å². The molecule has 0 atom stereocenters. The van der Waals surface area contributed by atoms with Gasteiger partial charge in [-0.05, 0) is 37.9 Å². The van der Waals surface area contributed by atoms with Gasteiger partial charge in [-0.1, -0.05) is 37.6 Å². The topological polar surface area (TPSA) is 29.1 Å². The molecule has 1 aromatic carbocycles. The summed E-state index contributed by atoms with van der Waals surface area (Å²) in [4.78, 5) is 12.2. The second-order valence-electron chi connectivity index (χ2n) is 4.84. The van der Waals surface area contributed by atoms with Crippen LogP contribution in [0.3, 0.4) is 0 Å². The molecule has 1 saturated heterocycles. The minimum Gasteiger partial charge on any atom is -0.317 e. The molecular formula is C15H21NO. The predicted molar refractivity (Wildman–Crippen MR) is 70.4 cm³/mol. The van der Waals surface area contributed by atoms with Gasteiger partial charge in [-0.2, -0.15) is 0 Å². The molecule has 2 nitrogen and oxygen atoms in total. The van der Waals surface area contributed by atoms with E-state index >= 15 is 0 Å². The van der Waals surface area contributed by atoms with Gasteiger partial charge < -0.3 is 5.32 Å². The molecule has 1 aliphatic heterocycles. The number of benzene rings is 1. The van der Waals surface area contributed by atoms with E-state index in [-0.39, 0.29) is 5.92 Å². The normalized spacial score (nSPS) is 17.0. The molecule has 1 aromatic rings. The van der Waals surface area contributed by atoms with Crippen molar-refractivity contribution in [2.75, 3.05) is 13.1 Å². The molecule has 0 bridgehead atoms. The standard InChI is InChI=1S/C15H21NO/c1-2-3-12-4-6-13(7-5-12)15(17)14-8-10-16-11-9-14/h4-7,14,16H,2-3,8-11H2,1H3. The number of hydrogen-bond acceptors (Lipinski definition) is 2. The maximum atomic E-state index is 12.2. The lowest BCUT2D eigenvalue weighted by Crippen LogP contribution is -2.31. The number of piperidine rings is 1. The van der Waals surface area contributed by atoms with Crippen LogP contribution in [0.5, 0.6) is 0 Å². The molecule has 0 radical (unpaired) electrons. The van der Waals surface area contributed by atoms with Gasteiger partial charge in [0.2, 0.25) is 0 Å². The summed E-state index contributed by atoms with van der Waals surface area (Å²) in [6, 6.07) is 8.18. The van der Waals surface area contributed by atoms with Crippen molar-refractivity contribution in [1.82, 2.24) is 5.32 Å². The molecule has 17 heavy (non-hydrogen) atoms. The summed E-state index contributed by atoms with van der Waals surface area (Å²) in [5.41, 5.74) is 2.21. The molecule has 1 fully saturated rings. The van der Waals surface area contributed by atoms with E-state index in [0.29, 0.717) is 5.78 Å². The Labute approximate surface area is 103 Å². The molecule has 0 aliphatic carbocycles. The number of Topliss-reactive ketones (excluding diaryl/α,β-unsaturated/α-hetero) is 1. The van der Waals surface area contributed by atoms with E-state index < -0.39 is 0 Å². The monoisotopic (exact) mass is 231 g/mol. The summed E-state index contributed by atoms with van der Waals surface area (Å²) in [6.45, 7) is 4.13. The lowest BCUT2D eigenvalue weighted by atomic mass is 9.89. The first-order valence-electron chi connectivity index (χ1n) is 6.65. The van der Waals surface area contributed by atoms with Gasteiger partial charge in [0, 0.05) is 11.5 Å². The Morgan fingerprint density at radius 1 is 1.24 bits per heavy atom. The Bertz CT molecular complexity index is 363. The molecule has 2 rings (SSSR count). The van der Waals surface area contributed by atoms with Gasteiger partial charge in [-0.3, -0.25) is 4.79 Å². The quantitative estimate of drug-likeness (QED) is 0.807. The molecule has 1 N–H and O–H groups in total. The van der Waals surface area contributed by atoms with E-state index in [2.05, 4.69) is 24.4 Å². The van der Waals surface area contributed by atoms with Crippen LogP contribution in [0.2, 0.25) is 0 Å². The van der Waals surface area contributed by atoms with Gasteiger partial charge in [0.25, 0.3) is 0 Å². The maximum Gasteiger partial charge on any atom is 0.166 e. The van der Waals surface area contributed by atoms with Crippen LogP contribution < -0.4 is 5.32 Å². The van der Waals surface area contributed by atoms with Crippen molar-refractivity contribution in [3.8, 4) is 0 Å². The number of hydrogen-bond donors (Lipinski definition) is 1. The molecule has 0 saturated carbocycles. The largest absolute Gasteiger partial charge is 0.317 e. The molecule has 1 aliphatic rings. The first-order valence-corrected chi connectivity index (χ1v) is 6.65. The average Bonchev–Trinajstić information content (AvgIpc) is 2.40. The Balaban J connectivity index is 2.03. The lowest BCUT2D eigenvalue weighted by molar-refractivity contribution is 0.0895. The zero-order valence-electron chi connectivity index (χ0n) is 10.5. The Morgan fingerprint density at radius 2 is 1.88 bits per heavy atom. The minimum atomic E-state index is 0.230. The highest BCUT2D eigenvalue weighted by Crippen LogP contribution is 2.18. The fourth-order valence-electron chi connectivity index (χ4n) is 2.44. The third kappa shape index (κ3) is 3.16. The summed E-state index contributed by atoms with van der Waals surface area (Å²) >= 11 is 0. The predicted octanol–water partition coefficient (Wildman–Crippen LogP) is 2.82. The van der Waals surface area contributed by atoms with Gasteiger partial charge in [0.1, 0.15) is 0 Å². The van der Waals surface area contributed by atoms with E-state index in [0.717, 1.165) is 44.3 Å². The van der Waals surface area contributed by atoms with Crippen molar-refractivity contribution in [3.63, 3.8) is 0 Å². The highest BCUT2D eigenvalue weighted by Gasteiger charge is 2.21. The van der Waals surface area contributed by atoms with Crippen LogP contribution in [0.15, 0.2) is 24.3 Å². The smallest absolute Gasteiger partial charge is 0.166 e. The van der Waals surface area contributed by atoms with Crippen molar-refractivity contribution < 1.29 is 4.79 Å². The summed E-state index contributed by atoms with van der Waals surface area (Å²) in [5.74, 6) is 0.558. The number of carbonyl (C=O) groups excluding carboxylic acids is 1. The Hall–Kier alpha value is -1.15. The Morgan fingerprint density at radius 3 is 2.47 bits per heavy atom. The second-order valence-corrected chi connectivity index (χ2v) is 4.84. The van der Waals surface area contributed by atoms with Crippen molar-refractivity contribution in [2.45, 2.75) is 32.6 Å². The zero-order chi connectivity index (χ0) is 12.1. The number of ketones is 1. The average molecular weight is 231 g/mol. The third-order valence-electron chi connectivity index (χ3n) is 3.49. The summed E-state index contributed by atoms with van der Waals surface area (Å²) in [7, 11) is 0. The molecular weight excluding hydrogens is 210 g/mol. The summed E-state index contributed by atoms with van der Waals surface area (Å²) in [5, 5.41) is 3.29. The molecule has 0 amide bonds. The first kappa shape index (κ1) is 12.3. The third-order valence-corrected chi connectivity index (χ3v) is 3.49. The molecule has 92 valence electrons. The fourth-order valence-corrected chi connectivity index (χ4v) is 2.44. The van der Waals surface area contributed by atoms with Gasteiger partial charge in [0.15, 0.2) is 5.78 Å². The molecule has 0 spiro atoms. The summed E-state index contributed by atoms with van der Waals surface area (Å²) in [6.07, 6.45) is 4.22. The van der Waals surface area contributed by atoms with Crippen LogP contribution in [-0.2, 0) is 6.42 Å². The van der Waals surface area contributed by atoms with Gasteiger partial charge in [-0.15, -0.1) is 0 Å². The number of aryl methyl sites for hydroxylation is 1. The van der Waals surface area contributed by atoms with Crippen LogP contribution >= 0.6 is 0 Å². The van der Waals surface area contributed by atoms with Crippen molar-refractivity contribution in [2.24, 2.45) is 5.92 Å². The molecule has 2 heteroatoms. The van der Waals surface area contributed by atoms with Crippen LogP contribution in [0.25, 0.3) is 0 Å². The van der Waals surface area contributed by atoms with Crippen molar-refractivity contribution in [1.29, 1.82) is 0 Å². The van der Waals surface area contributed by atoms with Crippen LogP contribution in [0.1, 0.15) is 42.1 Å². The second kappa shape index (κ2) is 5.97. The fraction of sp³-hybridized carbons (Fsp3) is 0.533. The van der Waals surface area contributed by atoms with Gasteiger partial charge in [0.05, 0.1) is 0 Å². The minimum absolute atomic E-state index is 0.230. The molecule has 0 aromatic heterocycles. The van der Waals surface area contributed by atoms with Crippen molar-refractivity contribution >= 4 is 5.78 Å². The highest BCUT2D eigenvalue weighted by atomic mass is 16.1. The molecule has 0 unspecified atom stereocenters. The summed E-state index contributed by atoms with van der Waals surface area (Å²) < 4.78 is 0. The van der Waals surface area contributed by atoms with Gasteiger partial charge >= 0.3 is 0 Å². The number of carbonyl (C=O) groups is 1. The maximum absolute atomic E-state index is 12.2. The van der Waals surface area contributed by atoms with Crippen LogP contribution in [0.4, 0.5) is 0 Å². The van der Waals surface area contributed by atoms with Crippen molar-refractivity contribution in [3.05, 3.63) is 35.4 Å². The van der Waals surface area contributed by atoms with Crippen LogP contribution in [0, 0.1) is 5.92 Å². The Kier molecular flexibility index (Phi) is 4.32. The lowest BCUT2D eigenvalue weighted by Gasteiger charge is -2.21. The number of rotatable bonds is 4. The van der Waals surface area contributed by atoms with Crippen LogP contribution in [-0.4, -0.2) is 18.9 Å². The molecule has 1 heterocycles.